The van der Waals surface area contributed by atoms with Crippen LogP contribution < -0.4 is 5.32 Å². The van der Waals surface area contributed by atoms with E-state index < -0.39 is 9.85 Å². The van der Waals surface area contributed by atoms with Crippen LogP contribution in [0, 0.1) is 0 Å². The summed E-state index contributed by atoms with van der Waals surface area (Å²) in [6.45, 7) is 0.889. The van der Waals surface area contributed by atoms with Crippen molar-refractivity contribution in [2.45, 2.75) is 16.3 Å². The van der Waals surface area contributed by atoms with Crippen molar-refractivity contribution in [3.63, 3.8) is 0 Å². The maximum atomic E-state index is 12.6. The summed E-state index contributed by atoms with van der Waals surface area (Å²) in [7, 11) is 0. The molecule has 4 heteroatoms. The first-order chi connectivity index (χ1) is 4.13. The number of hydrogen-bond donors (Lipinski definition) is 1. The fraction of sp³-hybridized carbons (Fsp3) is 1.00. The molecule has 1 aliphatic heterocycles. The van der Waals surface area contributed by atoms with Gasteiger partial charge in [0.2, 0.25) is 0 Å². The Balaban J connectivity index is 2.49. The highest BCUT2D eigenvalue weighted by Crippen LogP contribution is 2.30. The van der Waals surface area contributed by atoms with Crippen molar-refractivity contribution in [1.82, 2.24) is 5.32 Å². The Labute approximate surface area is 66.3 Å². The van der Waals surface area contributed by atoms with Crippen molar-refractivity contribution in [2.75, 3.05) is 13.1 Å². The summed E-state index contributed by atoms with van der Waals surface area (Å²) in [4.78, 5) is 0. The van der Waals surface area contributed by atoms with E-state index in [0.29, 0.717) is 13.1 Å². The summed E-state index contributed by atoms with van der Waals surface area (Å²) in [5, 5.41) is 2.90. The Morgan fingerprint density at radius 3 is 2.56 bits per heavy atom. The smallest absolute Gasteiger partial charge is 0.262 e. The van der Waals surface area contributed by atoms with Gasteiger partial charge in [0.05, 0.1) is 3.92 Å². The van der Waals surface area contributed by atoms with Gasteiger partial charge in [0.25, 0.3) is 5.92 Å². The second-order valence-corrected chi connectivity index (χ2v) is 3.69. The maximum Gasteiger partial charge on any atom is 0.262 e. The lowest BCUT2D eigenvalue weighted by atomic mass is 10.1. The van der Waals surface area contributed by atoms with Crippen LogP contribution in [0.4, 0.5) is 8.78 Å². The van der Waals surface area contributed by atoms with Crippen molar-refractivity contribution in [3.05, 3.63) is 0 Å². The van der Waals surface area contributed by atoms with E-state index in [-0.39, 0.29) is 6.42 Å². The van der Waals surface area contributed by atoms with E-state index in [1.54, 1.807) is 22.6 Å². The summed E-state index contributed by atoms with van der Waals surface area (Å²) in [6.07, 6.45) is -0.0133. The highest BCUT2D eigenvalue weighted by Gasteiger charge is 2.39. The lowest BCUT2D eigenvalue weighted by molar-refractivity contribution is -0.0161. The lowest BCUT2D eigenvalue weighted by Gasteiger charge is -2.27. The third-order valence-electron chi connectivity index (χ3n) is 1.42. The molecule has 0 spiro atoms. The fourth-order valence-electron chi connectivity index (χ4n) is 0.790. The first-order valence-corrected chi connectivity index (χ1v) is 4.10. The van der Waals surface area contributed by atoms with Crippen LogP contribution in [0.3, 0.4) is 0 Å². The van der Waals surface area contributed by atoms with Gasteiger partial charge in [-0.1, -0.05) is 22.6 Å². The van der Waals surface area contributed by atoms with Gasteiger partial charge in [0, 0.05) is 19.5 Å². The number of halogens is 3. The number of piperidine rings is 1. The Bertz CT molecular complexity index is 107. The zero-order chi connectivity index (χ0) is 6.91. The molecule has 1 fully saturated rings. The minimum atomic E-state index is -2.44. The highest BCUT2D eigenvalue weighted by atomic mass is 127. The molecule has 1 N–H and O–H groups in total. The average molecular weight is 247 g/mol. The molecule has 0 radical (unpaired) electrons. The van der Waals surface area contributed by atoms with E-state index in [1.165, 1.54) is 0 Å². The first-order valence-electron chi connectivity index (χ1n) is 2.85. The summed E-state index contributed by atoms with van der Waals surface area (Å²) < 4.78 is 24.6. The van der Waals surface area contributed by atoms with Gasteiger partial charge in [-0.05, 0) is 0 Å². The van der Waals surface area contributed by atoms with Crippen LogP contribution in [0.15, 0.2) is 0 Å². The molecule has 0 aromatic heterocycles. The van der Waals surface area contributed by atoms with Crippen LogP contribution in [0.25, 0.3) is 0 Å². The summed E-state index contributed by atoms with van der Waals surface area (Å²) in [6, 6.07) is 0. The highest BCUT2D eigenvalue weighted by molar-refractivity contribution is 14.1. The summed E-state index contributed by atoms with van der Waals surface area (Å²) in [5.74, 6) is -2.44. The maximum absolute atomic E-state index is 12.6. The van der Waals surface area contributed by atoms with Gasteiger partial charge < -0.3 is 5.32 Å². The van der Waals surface area contributed by atoms with E-state index in [0.717, 1.165) is 0 Å². The molecule has 54 valence electrons. The third-order valence-corrected chi connectivity index (χ3v) is 2.77. The first kappa shape index (κ1) is 7.65. The van der Waals surface area contributed by atoms with E-state index >= 15 is 0 Å². The average Bonchev–Trinajstić information content (AvgIpc) is 1.77. The normalized spacial score (nSPS) is 34.3. The van der Waals surface area contributed by atoms with Crippen molar-refractivity contribution < 1.29 is 8.78 Å². The Morgan fingerprint density at radius 1 is 1.56 bits per heavy atom. The fourth-order valence-corrected chi connectivity index (χ4v) is 1.41. The van der Waals surface area contributed by atoms with Crippen LogP contribution in [0.1, 0.15) is 6.42 Å². The Morgan fingerprint density at radius 2 is 2.22 bits per heavy atom. The molecule has 1 aliphatic rings. The van der Waals surface area contributed by atoms with Gasteiger partial charge >= 0.3 is 0 Å². The van der Waals surface area contributed by atoms with Gasteiger partial charge in [0.15, 0.2) is 0 Å². The molecule has 0 aliphatic carbocycles. The molecular formula is C5H8F2IN. The van der Waals surface area contributed by atoms with Crippen molar-refractivity contribution in [1.29, 1.82) is 0 Å². The molecule has 1 heterocycles. The van der Waals surface area contributed by atoms with Gasteiger partial charge in [-0.25, -0.2) is 8.78 Å². The second kappa shape index (κ2) is 2.65. The molecular weight excluding hydrogens is 239 g/mol. The molecule has 1 rings (SSSR count). The third kappa shape index (κ3) is 1.73. The van der Waals surface area contributed by atoms with Crippen molar-refractivity contribution in [2.24, 2.45) is 0 Å². The molecule has 1 nitrogen and oxygen atoms in total. The van der Waals surface area contributed by atoms with E-state index in [2.05, 4.69) is 5.32 Å². The number of rotatable bonds is 0. The zero-order valence-electron chi connectivity index (χ0n) is 4.83. The quantitative estimate of drug-likeness (QED) is 0.504. The van der Waals surface area contributed by atoms with Crippen molar-refractivity contribution in [3.8, 4) is 0 Å². The molecule has 1 atom stereocenters. The van der Waals surface area contributed by atoms with Crippen LogP contribution in [-0.2, 0) is 0 Å². The predicted octanol–water partition coefficient (Wildman–Crippen LogP) is 1.42. The van der Waals surface area contributed by atoms with Gasteiger partial charge in [-0.15, -0.1) is 0 Å². The molecule has 1 unspecified atom stereocenters. The number of nitrogens with one attached hydrogen (secondary N) is 1. The summed E-state index contributed by atoms with van der Waals surface area (Å²) in [5.41, 5.74) is 0. The molecule has 0 bridgehead atoms. The van der Waals surface area contributed by atoms with E-state index in [1.807, 2.05) is 0 Å². The standard InChI is InChI=1S/C5H8F2IN/c6-5(7)1-2-9-3-4(5)8/h4,9H,1-3H2. The lowest BCUT2D eigenvalue weighted by Crippen LogP contribution is -2.45. The Hall–Kier alpha value is 0.550. The largest absolute Gasteiger partial charge is 0.315 e. The van der Waals surface area contributed by atoms with Crippen LogP contribution >= 0.6 is 22.6 Å². The van der Waals surface area contributed by atoms with E-state index in [4.69, 9.17) is 0 Å². The molecule has 0 saturated carbocycles. The topological polar surface area (TPSA) is 12.0 Å². The SMILES string of the molecule is FC1(F)CCNCC1I. The van der Waals surface area contributed by atoms with Gasteiger partial charge in [-0.2, -0.15) is 0 Å². The molecule has 0 amide bonds. The molecule has 0 aromatic carbocycles. The number of hydrogen-bond acceptors (Lipinski definition) is 1. The van der Waals surface area contributed by atoms with Crippen LogP contribution in [0.5, 0.6) is 0 Å². The minimum absolute atomic E-state index is 0.0133. The van der Waals surface area contributed by atoms with Gasteiger partial charge in [-0.3, -0.25) is 0 Å². The van der Waals surface area contributed by atoms with E-state index in [9.17, 15) is 8.78 Å². The van der Waals surface area contributed by atoms with Crippen LogP contribution in [-0.4, -0.2) is 22.9 Å². The van der Waals surface area contributed by atoms with Crippen LogP contribution in [0.2, 0.25) is 0 Å². The molecule has 9 heavy (non-hydrogen) atoms. The molecule has 0 aromatic rings. The Kier molecular flexibility index (Phi) is 2.26. The predicted molar refractivity (Wildman–Crippen MR) is 40.2 cm³/mol. The minimum Gasteiger partial charge on any atom is -0.315 e. The van der Waals surface area contributed by atoms with Crippen molar-refractivity contribution >= 4 is 22.6 Å². The zero-order valence-corrected chi connectivity index (χ0v) is 6.99. The second-order valence-electron chi connectivity index (χ2n) is 2.18. The number of alkyl halides is 3. The molecule has 1 saturated heterocycles. The summed E-state index contributed by atoms with van der Waals surface area (Å²) >= 11 is 1.79. The monoisotopic (exact) mass is 247 g/mol. The van der Waals surface area contributed by atoms with Gasteiger partial charge in [0.1, 0.15) is 0 Å².